The number of hydrogen-bond acceptors (Lipinski definition) is 5. The monoisotopic (exact) mass is 629 g/mol. The molecule has 0 saturated heterocycles. The number of anilines is 1. The second-order valence-corrected chi connectivity index (χ2v) is 13.1. The van der Waals surface area contributed by atoms with E-state index >= 15 is 8.78 Å². The molecule has 0 heterocycles. The van der Waals surface area contributed by atoms with Crippen LogP contribution in [0.1, 0.15) is 79.3 Å². The van der Waals surface area contributed by atoms with E-state index in [9.17, 15) is 27.9 Å². The van der Waals surface area contributed by atoms with Crippen molar-refractivity contribution in [3.05, 3.63) is 88.0 Å². The van der Waals surface area contributed by atoms with E-state index < -0.39 is 47.3 Å². The van der Waals surface area contributed by atoms with Gasteiger partial charge in [-0.25, -0.2) is 4.79 Å². The summed E-state index contributed by atoms with van der Waals surface area (Å²) in [5, 5.41) is 14.7. The van der Waals surface area contributed by atoms with Crippen LogP contribution in [0.25, 0.3) is 0 Å². The molecule has 4 aliphatic rings. The van der Waals surface area contributed by atoms with Gasteiger partial charge in [-0.1, -0.05) is 36.8 Å². The number of fused-ring (bicyclic) bond motifs is 4. The Bertz CT molecular complexity index is 1560. The van der Waals surface area contributed by atoms with Gasteiger partial charge in [0.15, 0.2) is 5.78 Å². The molecule has 0 bridgehead atoms. The number of halogens is 5. The van der Waals surface area contributed by atoms with Gasteiger partial charge in [-0.05, 0) is 103 Å². The van der Waals surface area contributed by atoms with Crippen LogP contribution in [-0.4, -0.2) is 41.7 Å². The van der Waals surface area contributed by atoms with Crippen LogP contribution in [0.2, 0.25) is 0 Å². The summed E-state index contributed by atoms with van der Waals surface area (Å²) >= 11 is 0. The highest BCUT2D eigenvalue weighted by Gasteiger charge is 2.79. The summed E-state index contributed by atoms with van der Waals surface area (Å²) in [5.74, 6) is -6.94. The lowest BCUT2D eigenvalue weighted by atomic mass is 9.50. The highest BCUT2D eigenvalue weighted by Crippen LogP contribution is 2.70. The van der Waals surface area contributed by atoms with Crippen LogP contribution in [0.15, 0.2) is 71.3 Å². The molecule has 4 aliphatic carbocycles. The SMILES string of the molecule is COC(=O)c1ccc(NCc2ccc([C@H]3C[C@@]4(C)[C@@H](CC[C@@]4(O)C(F)(F)C(F)(F)F)[C@@H]4CCC5=CC(=O)CCC5=C43)cc2)cc1. The summed E-state index contributed by atoms with van der Waals surface area (Å²) in [6.07, 6.45) is -2.85. The Kier molecular flexibility index (Phi) is 7.74. The lowest BCUT2D eigenvalue weighted by molar-refractivity contribution is -0.362. The smallest absolute Gasteiger partial charge is 0.456 e. The molecule has 6 rings (SSSR count). The fourth-order valence-corrected chi connectivity index (χ4v) is 8.63. The van der Waals surface area contributed by atoms with E-state index in [4.69, 9.17) is 4.74 Å². The first-order valence-electron chi connectivity index (χ1n) is 15.3. The standard InChI is InChI=1S/C35H36F5NO4/c1-32-18-28(21-5-3-20(4-6-21)19-41-24-10-7-22(8-11-24)31(43)45-2)30-26-14-12-25(42)17-23(26)9-13-27(30)29(32)15-16-33(32,44)34(36,37)35(38,39)40/h3-8,10-11,17,27-29,41,44H,9,12-16,18-19H2,1-2H3/t27-,28+,29-,32-,33-/m0/s1. The Balaban J connectivity index is 1.34. The quantitative estimate of drug-likeness (QED) is 0.251. The number of aliphatic hydroxyl groups is 1. The van der Waals surface area contributed by atoms with Crippen molar-refractivity contribution in [1.82, 2.24) is 0 Å². The summed E-state index contributed by atoms with van der Waals surface area (Å²) in [4.78, 5) is 24.0. The zero-order chi connectivity index (χ0) is 32.4. The minimum absolute atomic E-state index is 0.0434. The molecule has 2 fully saturated rings. The Morgan fingerprint density at radius 1 is 1.00 bits per heavy atom. The van der Waals surface area contributed by atoms with Crippen LogP contribution in [0.3, 0.4) is 0 Å². The number of alkyl halides is 5. The summed E-state index contributed by atoms with van der Waals surface area (Å²) in [6, 6.07) is 14.4. The van der Waals surface area contributed by atoms with Crippen molar-refractivity contribution in [1.29, 1.82) is 0 Å². The Hall–Kier alpha value is -3.53. The van der Waals surface area contributed by atoms with Crippen molar-refractivity contribution in [3.8, 4) is 0 Å². The molecule has 0 unspecified atom stereocenters. The number of ketones is 1. The lowest BCUT2D eigenvalue weighted by Gasteiger charge is -2.56. The molecule has 0 amide bonds. The summed E-state index contributed by atoms with van der Waals surface area (Å²) in [6.45, 7) is 1.88. The zero-order valence-electron chi connectivity index (χ0n) is 25.1. The minimum Gasteiger partial charge on any atom is -0.465 e. The third-order valence-corrected chi connectivity index (χ3v) is 10.9. The van der Waals surface area contributed by atoms with Crippen molar-refractivity contribution in [3.63, 3.8) is 0 Å². The molecule has 0 spiro atoms. The molecule has 45 heavy (non-hydrogen) atoms. The van der Waals surface area contributed by atoms with Gasteiger partial charge in [0.2, 0.25) is 0 Å². The van der Waals surface area contributed by atoms with Crippen LogP contribution in [0.4, 0.5) is 27.6 Å². The van der Waals surface area contributed by atoms with E-state index in [1.54, 1.807) is 30.3 Å². The number of hydrogen-bond donors (Lipinski definition) is 2. The first-order valence-corrected chi connectivity index (χ1v) is 15.3. The molecule has 5 atom stereocenters. The first kappa shape index (κ1) is 31.5. The largest absolute Gasteiger partial charge is 0.465 e. The van der Waals surface area contributed by atoms with Gasteiger partial charge in [0.05, 0.1) is 12.7 Å². The maximum absolute atomic E-state index is 15.2. The number of benzene rings is 2. The molecule has 2 saturated carbocycles. The van der Waals surface area contributed by atoms with Crippen LogP contribution >= 0.6 is 0 Å². The van der Waals surface area contributed by atoms with E-state index in [2.05, 4.69) is 5.32 Å². The summed E-state index contributed by atoms with van der Waals surface area (Å²) in [7, 11) is 1.31. The molecule has 5 nitrogen and oxygen atoms in total. The summed E-state index contributed by atoms with van der Waals surface area (Å²) < 4.78 is 76.5. The number of carbonyl (C=O) groups excluding carboxylic acids is 2. The van der Waals surface area contributed by atoms with E-state index in [-0.39, 0.29) is 24.5 Å². The molecule has 0 aliphatic heterocycles. The molecule has 2 aromatic carbocycles. The number of allylic oxidation sites excluding steroid dienone is 4. The summed E-state index contributed by atoms with van der Waals surface area (Å²) in [5.41, 5.74) is 1.02. The van der Waals surface area contributed by atoms with E-state index in [1.807, 2.05) is 24.3 Å². The minimum atomic E-state index is -5.88. The van der Waals surface area contributed by atoms with Crippen LogP contribution in [0, 0.1) is 17.3 Å². The third-order valence-electron chi connectivity index (χ3n) is 10.9. The second kappa shape index (κ2) is 11.1. The van der Waals surface area contributed by atoms with Gasteiger partial charge in [-0.15, -0.1) is 0 Å². The average molecular weight is 630 g/mol. The van der Waals surface area contributed by atoms with Gasteiger partial charge < -0.3 is 15.2 Å². The number of nitrogens with one attached hydrogen (secondary N) is 1. The van der Waals surface area contributed by atoms with Gasteiger partial charge in [0.1, 0.15) is 5.60 Å². The van der Waals surface area contributed by atoms with Crippen molar-refractivity contribution in [2.45, 2.75) is 82.0 Å². The van der Waals surface area contributed by atoms with Gasteiger partial charge in [0.25, 0.3) is 0 Å². The number of carbonyl (C=O) groups is 2. The maximum atomic E-state index is 15.2. The fourth-order valence-electron chi connectivity index (χ4n) is 8.63. The Morgan fingerprint density at radius 3 is 2.33 bits per heavy atom. The number of rotatable bonds is 6. The fraction of sp³-hybridized carbons (Fsp3) is 0.486. The van der Waals surface area contributed by atoms with Crippen molar-refractivity contribution in [2.24, 2.45) is 17.3 Å². The number of ether oxygens (including phenoxy) is 1. The van der Waals surface area contributed by atoms with Gasteiger partial charge in [0, 0.05) is 30.0 Å². The molecule has 2 N–H and O–H groups in total. The topological polar surface area (TPSA) is 75.6 Å². The molecule has 10 heteroatoms. The third kappa shape index (κ3) is 5.00. The van der Waals surface area contributed by atoms with Gasteiger partial charge in [-0.2, -0.15) is 22.0 Å². The van der Waals surface area contributed by atoms with Crippen LogP contribution in [0.5, 0.6) is 0 Å². The van der Waals surface area contributed by atoms with Crippen LogP contribution in [-0.2, 0) is 16.1 Å². The number of esters is 1. The molecular formula is C35H36F5NO4. The maximum Gasteiger partial charge on any atom is 0.456 e. The first-order chi connectivity index (χ1) is 21.2. The Labute approximate surface area is 258 Å². The highest BCUT2D eigenvalue weighted by atomic mass is 19.4. The predicted molar refractivity (Wildman–Crippen MR) is 158 cm³/mol. The van der Waals surface area contributed by atoms with Gasteiger partial charge >= 0.3 is 18.1 Å². The second-order valence-electron chi connectivity index (χ2n) is 13.1. The van der Waals surface area contributed by atoms with Crippen molar-refractivity contribution < 1.29 is 41.4 Å². The van der Waals surface area contributed by atoms with Crippen LogP contribution < -0.4 is 5.32 Å². The average Bonchev–Trinajstić information content (AvgIpc) is 3.30. The molecule has 2 aromatic rings. The molecule has 240 valence electrons. The zero-order valence-corrected chi connectivity index (χ0v) is 25.1. The normalized spacial score (nSPS) is 29.8. The van der Waals surface area contributed by atoms with Crippen molar-refractivity contribution >= 4 is 17.4 Å². The predicted octanol–water partition coefficient (Wildman–Crippen LogP) is 7.91. The lowest BCUT2D eigenvalue weighted by Crippen LogP contribution is -2.65. The van der Waals surface area contributed by atoms with E-state index in [1.165, 1.54) is 14.0 Å². The molecule has 0 aromatic heterocycles. The molecule has 0 radical (unpaired) electrons. The Morgan fingerprint density at radius 2 is 1.69 bits per heavy atom. The van der Waals surface area contributed by atoms with E-state index in [0.717, 1.165) is 33.5 Å². The van der Waals surface area contributed by atoms with Gasteiger partial charge in [-0.3, -0.25) is 4.79 Å². The van der Waals surface area contributed by atoms with Crippen molar-refractivity contribution in [2.75, 3.05) is 12.4 Å². The highest BCUT2D eigenvalue weighted by molar-refractivity contribution is 5.93. The molecular weight excluding hydrogens is 593 g/mol. The number of methoxy groups -OCH3 is 1. The van der Waals surface area contributed by atoms with E-state index in [0.29, 0.717) is 37.8 Å².